The number of benzene rings is 1. The van der Waals surface area contributed by atoms with Crippen molar-refractivity contribution in [2.24, 2.45) is 0 Å². The van der Waals surface area contributed by atoms with Gasteiger partial charge in [-0.25, -0.2) is 5.06 Å². The molecule has 0 fully saturated rings. The Morgan fingerprint density at radius 2 is 1.94 bits per heavy atom. The molecular weight excluding hydrogens is 237 g/mol. The summed E-state index contributed by atoms with van der Waals surface area (Å²) in [5.41, 5.74) is 4.05. The summed E-state index contributed by atoms with van der Waals surface area (Å²) in [5, 5.41) is 0.814. The third-order valence-corrected chi connectivity index (χ3v) is 2.09. The Bertz CT molecular complexity index is 432. The first-order valence-corrected chi connectivity index (χ1v) is 4.55. The summed E-state index contributed by atoms with van der Waals surface area (Å²) in [6.07, 6.45) is -4.55. The van der Waals surface area contributed by atoms with E-state index in [1.165, 1.54) is 14.2 Å². The minimum absolute atomic E-state index is 0.132. The molecule has 94 valence electrons. The van der Waals surface area contributed by atoms with Crippen LogP contribution in [0, 0.1) is 0 Å². The van der Waals surface area contributed by atoms with Crippen LogP contribution in [0.2, 0.25) is 0 Å². The second-order valence-corrected chi connectivity index (χ2v) is 3.33. The molecule has 1 aromatic carbocycles. The standard InChI is InChI=1S/C10H11F3N2O2/c1-15(17-2)9(16)6-3-7(10(11,12)13)5-8(14)4-6/h3-5H,14H2,1-2H3. The number of rotatable bonds is 2. The highest BCUT2D eigenvalue weighted by molar-refractivity contribution is 5.94. The van der Waals surface area contributed by atoms with Crippen LogP contribution in [0.4, 0.5) is 18.9 Å². The lowest BCUT2D eigenvalue weighted by atomic mass is 10.1. The van der Waals surface area contributed by atoms with Gasteiger partial charge in [-0.05, 0) is 18.2 Å². The van der Waals surface area contributed by atoms with Crippen molar-refractivity contribution in [1.29, 1.82) is 0 Å². The van der Waals surface area contributed by atoms with Crippen LogP contribution in [0.5, 0.6) is 0 Å². The lowest BCUT2D eigenvalue weighted by Gasteiger charge is -2.15. The second kappa shape index (κ2) is 4.62. The number of nitrogen functional groups attached to an aromatic ring is 1. The van der Waals surface area contributed by atoms with Gasteiger partial charge in [-0.3, -0.25) is 9.63 Å². The molecule has 0 aliphatic rings. The number of hydroxylamine groups is 2. The third-order valence-electron chi connectivity index (χ3n) is 2.09. The lowest BCUT2D eigenvalue weighted by Crippen LogP contribution is -2.25. The number of hydrogen-bond donors (Lipinski definition) is 1. The summed E-state index contributed by atoms with van der Waals surface area (Å²) < 4.78 is 37.4. The number of nitrogens with zero attached hydrogens (tertiary/aromatic N) is 1. The Kier molecular flexibility index (Phi) is 3.62. The van der Waals surface area contributed by atoms with Crippen molar-refractivity contribution in [2.45, 2.75) is 6.18 Å². The van der Waals surface area contributed by atoms with E-state index in [1.54, 1.807) is 0 Å². The van der Waals surface area contributed by atoms with Gasteiger partial charge in [0.25, 0.3) is 5.91 Å². The summed E-state index contributed by atoms with van der Waals surface area (Å²) in [4.78, 5) is 16.2. The minimum Gasteiger partial charge on any atom is -0.399 e. The monoisotopic (exact) mass is 248 g/mol. The average molecular weight is 248 g/mol. The topological polar surface area (TPSA) is 55.6 Å². The van der Waals surface area contributed by atoms with Crippen LogP contribution in [-0.2, 0) is 11.0 Å². The van der Waals surface area contributed by atoms with Gasteiger partial charge in [0.05, 0.1) is 12.7 Å². The zero-order chi connectivity index (χ0) is 13.2. The largest absolute Gasteiger partial charge is 0.416 e. The van der Waals surface area contributed by atoms with E-state index in [4.69, 9.17) is 5.73 Å². The summed E-state index contributed by atoms with van der Waals surface area (Å²) >= 11 is 0. The first kappa shape index (κ1) is 13.3. The van der Waals surface area contributed by atoms with E-state index in [2.05, 4.69) is 4.84 Å². The molecule has 1 amide bonds. The maximum Gasteiger partial charge on any atom is 0.416 e. The fourth-order valence-corrected chi connectivity index (χ4v) is 1.20. The second-order valence-electron chi connectivity index (χ2n) is 3.33. The average Bonchev–Trinajstić information content (AvgIpc) is 2.25. The highest BCUT2D eigenvalue weighted by Crippen LogP contribution is 2.31. The molecule has 7 heteroatoms. The SMILES string of the molecule is CON(C)C(=O)c1cc(N)cc(C(F)(F)F)c1. The number of halogens is 3. The first-order chi connectivity index (χ1) is 7.75. The summed E-state index contributed by atoms with van der Waals surface area (Å²) in [7, 11) is 2.52. The van der Waals surface area contributed by atoms with E-state index in [0.717, 1.165) is 23.3 Å². The molecule has 1 aromatic rings. The molecule has 0 aromatic heterocycles. The van der Waals surface area contributed by atoms with Crippen LogP contribution in [0.1, 0.15) is 15.9 Å². The quantitative estimate of drug-likeness (QED) is 0.642. The van der Waals surface area contributed by atoms with Gasteiger partial charge < -0.3 is 5.73 Å². The van der Waals surface area contributed by atoms with E-state index in [-0.39, 0.29) is 11.3 Å². The maximum atomic E-state index is 12.5. The van der Waals surface area contributed by atoms with Gasteiger partial charge in [0.1, 0.15) is 0 Å². The third kappa shape index (κ3) is 3.10. The predicted molar refractivity (Wildman–Crippen MR) is 55.0 cm³/mol. The van der Waals surface area contributed by atoms with E-state index >= 15 is 0 Å². The number of carbonyl (C=O) groups is 1. The maximum absolute atomic E-state index is 12.5. The van der Waals surface area contributed by atoms with Gasteiger partial charge in [0.2, 0.25) is 0 Å². The Balaban J connectivity index is 3.19. The van der Waals surface area contributed by atoms with Gasteiger partial charge in [0.15, 0.2) is 0 Å². The highest BCUT2D eigenvalue weighted by Gasteiger charge is 2.31. The molecule has 0 spiro atoms. The lowest BCUT2D eigenvalue weighted by molar-refractivity contribution is -0.137. The molecule has 0 atom stereocenters. The van der Waals surface area contributed by atoms with Crippen LogP contribution >= 0.6 is 0 Å². The molecule has 0 unspecified atom stereocenters. The molecule has 0 aliphatic carbocycles. The molecule has 17 heavy (non-hydrogen) atoms. The molecule has 0 saturated carbocycles. The summed E-state index contributed by atoms with van der Waals surface area (Å²) in [5.74, 6) is -0.703. The van der Waals surface area contributed by atoms with Crippen LogP contribution in [-0.4, -0.2) is 25.1 Å². The van der Waals surface area contributed by atoms with Crippen molar-refractivity contribution < 1.29 is 22.8 Å². The predicted octanol–water partition coefficient (Wildman–Crippen LogP) is 1.92. The Labute approximate surface area is 95.7 Å². The Morgan fingerprint density at radius 3 is 2.41 bits per heavy atom. The van der Waals surface area contributed by atoms with Crippen LogP contribution in [0.15, 0.2) is 18.2 Å². The summed E-state index contributed by atoms with van der Waals surface area (Å²) in [6.45, 7) is 0. The van der Waals surface area contributed by atoms with E-state index in [9.17, 15) is 18.0 Å². The van der Waals surface area contributed by atoms with Crippen LogP contribution in [0.25, 0.3) is 0 Å². The van der Waals surface area contributed by atoms with Crippen molar-refractivity contribution in [3.8, 4) is 0 Å². The molecular formula is C10H11F3N2O2. The van der Waals surface area contributed by atoms with Crippen LogP contribution < -0.4 is 5.73 Å². The minimum atomic E-state index is -4.55. The van der Waals surface area contributed by atoms with Crippen molar-refractivity contribution >= 4 is 11.6 Å². The number of anilines is 1. The van der Waals surface area contributed by atoms with Crippen molar-refractivity contribution in [3.05, 3.63) is 29.3 Å². The first-order valence-electron chi connectivity index (χ1n) is 4.55. The molecule has 4 nitrogen and oxygen atoms in total. The molecule has 0 aliphatic heterocycles. The number of alkyl halides is 3. The van der Waals surface area contributed by atoms with Gasteiger partial charge in [-0.2, -0.15) is 13.2 Å². The van der Waals surface area contributed by atoms with E-state index in [1.807, 2.05) is 0 Å². The number of hydrogen-bond acceptors (Lipinski definition) is 3. The Hall–Kier alpha value is -1.76. The molecule has 1 rings (SSSR count). The fourth-order valence-electron chi connectivity index (χ4n) is 1.20. The molecule has 0 heterocycles. The number of amides is 1. The molecule has 0 bridgehead atoms. The van der Waals surface area contributed by atoms with Gasteiger partial charge in [0, 0.05) is 18.3 Å². The smallest absolute Gasteiger partial charge is 0.399 e. The van der Waals surface area contributed by atoms with E-state index in [0.29, 0.717) is 0 Å². The van der Waals surface area contributed by atoms with Crippen molar-refractivity contribution in [1.82, 2.24) is 5.06 Å². The van der Waals surface area contributed by atoms with Gasteiger partial charge in [-0.15, -0.1) is 0 Å². The number of carbonyl (C=O) groups excluding carboxylic acids is 1. The number of nitrogens with two attached hydrogens (primary N) is 1. The van der Waals surface area contributed by atoms with Gasteiger partial charge in [-0.1, -0.05) is 0 Å². The molecule has 0 radical (unpaired) electrons. The fraction of sp³-hybridized carbons (Fsp3) is 0.300. The van der Waals surface area contributed by atoms with Crippen LogP contribution in [0.3, 0.4) is 0 Å². The molecule has 2 N–H and O–H groups in total. The zero-order valence-corrected chi connectivity index (χ0v) is 9.21. The van der Waals surface area contributed by atoms with E-state index < -0.39 is 17.6 Å². The Morgan fingerprint density at radius 1 is 1.35 bits per heavy atom. The van der Waals surface area contributed by atoms with Gasteiger partial charge >= 0.3 is 6.18 Å². The van der Waals surface area contributed by atoms with Crippen molar-refractivity contribution in [2.75, 3.05) is 19.9 Å². The summed E-state index contributed by atoms with van der Waals surface area (Å²) in [6, 6.07) is 2.66. The highest BCUT2D eigenvalue weighted by atomic mass is 19.4. The van der Waals surface area contributed by atoms with Crippen molar-refractivity contribution in [3.63, 3.8) is 0 Å². The normalized spacial score (nSPS) is 11.4. The zero-order valence-electron chi connectivity index (χ0n) is 9.21. The molecule has 0 saturated heterocycles.